The van der Waals surface area contributed by atoms with Gasteiger partial charge in [-0.25, -0.2) is 8.96 Å². The molecule has 1 unspecified atom stereocenters. The van der Waals surface area contributed by atoms with E-state index < -0.39 is 74.7 Å². The Balaban J connectivity index is 1.44. The van der Waals surface area contributed by atoms with E-state index in [0.717, 1.165) is 24.1 Å². The third-order valence-corrected chi connectivity index (χ3v) is 8.99. The molecule has 0 radical (unpaired) electrons. The van der Waals surface area contributed by atoms with Gasteiger partial charge in [-0.1, -0.05) is 30.3 Å². The van der Waals surface area contributed by atoms with Crippen LogP contribution < -0.4 is 9.61 Å². The molecule has 46 heavy (non-hydrogen) atoms. The van der Waals surface area contributed by atoms with Crippen LogP contribution in [0.25, 0.3) is 22.2 Å². The Hall–Kier alpha value is -4.07. The van der Waals surface area contributed by atoms with Crippen molar-refractivity contribution in [3.63, 3.8) is 0 Å². The summed E-state index contributed by atoms with van der Waals surface area (Å²) in [5, 5.41) is 13.4. The Morgan fingerprint density at radius 1 is 1.15 bits per heavy atom. The number of nitrogens with one attached hydrogen (secondary N) is 1. The zero-order chi connectivity index (χ0) is 33.2. The third-order valence-electron chi connectivity index (χ3n) is 7.36. The number of aromatic nitrogens is 2. The predicted octanol–water partition coefficient (Wildman–Crippen LogP) is 3.86. The minimum Gasteiger partial charge on any atom is -0.462 e. The van der Waals surface area contributed by atoms with E-state index in [-0.39, 0.29) is 5.75 Å². The number of nitrogens with zero attached hydrogens (tertiary/aromatic N) is 3. The normalized spacial score (nSPS) is 25.1. The van der Waals surface area contributed by atoms with Crippen molar-refractivity contribution in [3.8, 4) is 16.9 Å². The highest BCUT2D eigenvalue weighted by molar-refractivity contribution is 7.52. The number of halogens is 1. The van der Waals surface area contributed by atoms with Gasteiger partial charge in [0.1, 0.15) is 24.0 Å². The molecule has 2 N–H and O–H groups in total. The molecule has 15 heteroatoms. The lowest BCUT2D eigenvalue weighted by molar-refractivity contribution is -0.150. The molecule has 2 aliphatic heterocycles. The molecule has 1 saturated heterocycles. The first kappa shape index (κ1) is 33.3. The predicted molar refractivity (Wildman–Crippen MR) is 163 cm³/mol. The van der Waals surface area contributed by atoms with Gasteiger partial charge in [0.15, 0.2) is 17.7 Å². The minimum atomic E-state index is -4.54. The molecule has 6 atom stereocenters. The molecule has 1 aromatic heterocycles. The summed E-state index contributed by atoms with van der Waals surface area (Å²) in [6, 6.07) is 10.8. The van der Waals surface area contributed by atoms with E-state index in [9.17, 15) is 24.1 Å². The minimum absolute atomic E-state index is 0.0933. The van der Waals surface area contributed by atoms with Crippen LogP contribution in [0.15, 0.2) is 67.1 Å². The molecule has 1 amide bonds. The van der Waals surface area contributed by atoms with Gasteiger partial charge >= 0.3 is 13.7 Å². The van der Waals surface area contributed by atoms with Gasteiger partial charge in [0.2, 0.25) is 5.91 Å². The smallest absolute Gasteiger partial charge is 0.459 e. The standard InChI is InChI=1S/C31H34FN4O9P/c1-18(2)43-29(40)19(3)35-46(41,42-17-25-28(39)31(4,32)30(44-25)36-15-12-20(37)16-26(36)38)45-24-11-6-5-8-21(24)22-9-7-10-23-27(22)34-14-13-33-23/h5-15,18-19,25,28,30,39H,16-17H2,1-4H3,(H,35,41)/t19-,25+,28+,30+,31+,46?/m0/s1. The van der Waals surface area contributed by atoms with Crippen molar-refractivity contribution in [1.29, 1.82) is 0 Å². The summed E-state index contributed by atoms with van der Waals surface area (Å²) in [6.07, 6.45) is -0.517. The second kappa shape index (κ2) is 13.3. The molecule has 3 heterocycles. The molecule has 0 saturated carbocycles. The lowest BCUT2D eigenvalue weighted by Crippen LogP contribution is -2.51. The molecule has 244 valence electrons. The van der Waals surface area contributed by atoms with Gasteiger partial charge in [0.25, 0.3) is 0 Å². The lowest BCUT2D eigenvalue weighted by Gasteiger charge is -2.32. The highest BCUT2D eigenvalue weighted by Crippen LogP contribution is 2.49. The van der Waals surface area contributed by atoms with Crippen molar-refractivity contribution in [2.24, 2.45) is 0 Å². The molecular formula is C31H34FN4O9P. The number of rotatable bonds is 11. The monoisotopic (exact) mass is 656 g/mol. The number of fused-ring (bicyclic) bond motifs is 1. The van der Waals surface area contributed by atoms with Crippen molar-refractivity contribution >= 4 is 36.4 Å². The fraction of sp³-hybridized carbons (Fsp3) is 0.387. The Morgan fingerprint density at radius 3 is 2.61 bits per heavy atom. The van der Waals surface area contributed by atoms with Crippen molar-refractivity contribution < 1.29 is 47.0 Å². The van der Waals surface area contributed by atoms with E-state index in [1.54, 1.807) is 62.5 Å². The summed E-state index contributed by atoms with van der Waals surface area (Å²) in [6.45, 7) is 5.08. The summed E-state index contributed by atoms with van der Waals surface area (Å²) < 4.78 is 52.9. The number of aliphatic hydroxyl groups excluding tert-OH is 1. The number of aliphatic hydroxyl groups is 1. The van der Waals surface area contributed by atoms with E-state index in [4.69, 9.17) is 18.5 Å². The average Bonchev–Trinajstić information content (AvgIpc) is 3.23. The van der Waals surface area contributed by atoms with Crippen molar-refractivity contribution in [2.75, 3.05) is 6.61 Å². The van der Waals surface area contributed by atoms with E-state index >= 15 is 4.39 Å². The maximum Gasteiger partial charge on any atom is 0.459 e. The number of carbonyl (C=O) groups excluding carboxylic acids is 3. The van der Waals surface area contributed by atoms with Crippen LogP contribution in [0.1, 0.15) is 34.1 Å². The first-order chi connectivity index (χ1) is 21.8. The first-order valence-electron chi connectivity index (χ1n) is 14.6. The van der Waals surface area contributed by atoms with Crippen LogP contribution in [0, 0.1) is 0 Å². The maximum absolute atomic E-state index is 15.8. The number of carbonyl (C=O) groups is 3. The number of allylic oxidation sites excluding steroid dienone is 1. The molecular weight excluding hydrogens is 622 g/mol. The number of esters is 1. The van der Waals surface area contributed by atoms with Crippen LogP contribution in [-0.2, 0) is 32.9 Å². The van der Waals surface area contributed by atoms with Crippen LogP contribution >= 0.6 is 7.75 Å². The van der Waals surface area contributed by atoms with Gasteiger partial charge in [0, 0.05) is 29.7 Å². The summed E-state index contributed by atoms with van der Waals surface area (Å²) in [4.78, 5) is 46.4. The molecule has 13 nitrogen and oxygen atoms in total. The summed E-state index contributed by atoms with van der Waals surface area (Å²) in [7, 11) is -4.54. The molecule has 0 spiro atoms. The fourth-order valence-corrected chi connectivity index (χ4v) is 6.62. The topological polar surface area (TPSA) is 166 Å². The molecule has 2 aromatic carbocycles. The largest absolute Gasteiger partial charge is 0.462 e. The number of ketones is 1. The van der Waals surface area contributed by atoms with E-state index in [1.165, 1.54) is 13.1 Å². The van der Waals surface area contributed by atoms with Crippen LogP contribution in [0.2, 0.25) is 0 Å². The zero-order valence-corrected chi connectivity index (χ0v) is 26.4. The molecule has 0 bridgehead atoms. The molecule has 0 aliphatic carbocycles. The molecule has 2 aliphatic rings. The second-order valence-corrected chi connectivity index (χ2v) is 13.0. The average molecular weight is 657 g/mol. The van der Waals surface area contributed by atoms with E-state index in [0.29, 0.717) is 22.2 Å². The van der Waals surface area contributed by atoms with Crippen LogP contribution in [0.3, 0.4) is 0 Å². The highest BCUT2D eigenvalue weighted by atomic mass is 31.2. The number of ether oxygens (including phenoxy) is 2. The number of benzene rings is 2. The fourth-order valence-electron chi connectivity index (χ4n) is 5.10. The number of para-hydroxylation sites is 2. The van der Waals surface area contributed by atoms with Gasteiger partial charge in [-0.2, -0.15) is 5.09 Å². The Bertz CT molecular complexity index is 1710. The van der Waals surface area contributed by atoms with E-state index in [1.807, 2.05) is 0 Å². The van der Waals surface area contributed by atoms with Crippen LogP contribution in [-0.4, -0.2) is 80.5 Å². The first-order valence-corrected chi connectivity index (χ1v) is 16.1. The van der Waals surface area contributed by atoms with Gasteiger partial charge in [-0.15, -0.1) is 0 Å². The lowest BCUT2D eigenvalue weighted by atomic mass is 9.97. The van der Waals surface area contributed by atoms with Crippen molar-refractivity contribution in [3.05, 3.63) is 67.1 Å². The van der Waals surface area contributed by atoms with Crippen LogP contribution in [0.4, 0.5) is 4.39 Å². The molecule has 3 aromatic rings. The number of hydrogen-bond acceptors (Lipinski definition) is 11. The summed E-state index contributed by atoms with van der Waals surface area (Å²) in [5.74, 6) is -1.81. The Morgan fingerprint density at radius 2 is 1.87 bits per heavy atom. The number of alkyl halides is 1. The quantitative estimate of drug-likeness (QED) is 0.174. The van der Waals surface area contributed by atoms with Gasteiger partial charge in [0.05, 0.1) is 30.2 Å². The Kier molecular flexibility index (Phi) is 9.66. The SMILES string of the molecule is CC(C)OC(=O)[C@H](C)NP(=O)(OC[C@H]1O[C@@H](N2C=CC(=O)CC2=O)[C@](C)(F)[C@@H]1O)Oc1ccccc1-c1cccc2nccnc12. The zero-order valence-electron chi connectivity index (χ0n) is 25.5. The molecule has 5 rings (SSSR count). The number of amides is 1. The van der Waals surface area contributed by atoms with E-state index in [2.05, 4.69) is 15.1 Å². The second-order valence-electron chi connectivity index (χ2n) is 11.3. The van der Waals surface area contributed by atoms with Crippen molar-refractivity contribution in [2.45, 2.75) is 70.4 Å². The maximum atomic E-state index is 15.8. The third kappa shape index (κ3) is 7.01. The van der Waals surface area contributed by atoms with Crippen LogP contribution in [0.5, 0.6) is 5.75 Å². The van der Waals surface area contributed by atoms with Gasteiger partial charge < -0.3 is 19.1 Å². The summed E-state index contributed by atoms with van der Waals surface area (Å²) in [5.41, 5.74) is -0.237. The summed E-state index contributed by atoms with van der Waals surface area (Å²) >= 11 is 0. The highest BCUT2D eigenvalue weighted by Gasteiger charge is 2.57. The number of hydrogen-bond donors (Lipinski definition) is 2. The molecule has 1 fully saturated rings. The van der Waals surface area contributed by atoms with Gasteiger partial charge in [-0.3, -0.25) is 33.8 Å². The van der Waals surface area contributed by atoms with Crippen molar-refractivity contribution in [1.82, 2.24) is 20.0 Å². The Labute approximate surface area is 264 Å². The van der Waals surface area contributed by atoms with Gasteiger partial charge in [-0.05, 0) is 45.9 Å².